The molecule has 0 aliphatic carbocycles. The fourth-order valence-electron chi connectivity index (χ4n) is 3.25. The molecule has 1 aromatic rings. The van der Waals surface area contributed by atoms with E-state index in [0.29, 0.717) is 19.7 Å². The zero-order valence-electron chi connectivity index (χ0n) is 13.2. The maximum absolute atomic E-state index is 12.1. The SMILES string of the molecule is CS(=O)(=O)CC(=O)N1C[C@@H]2CN(Cc3cccs3)CCO[C@@H]2C1. The fraction of sp³-hybridized carbons (Fsp3) is 0.667. The van der Waals surface area contributed by atoms with E-state index in [9.17, 15) is 13.2 Å². The topological polar surface area (TPSA) is 66.9 Å². The average molecular weight is 358 g/mol. The van der Waals surface area contributed by atoms with Crippen molar-refractivity contribution in [2.75, 3.05) is 44.8 Å². The third-order valence-corrected chi connectivity index (χ3v) is 5.94. The Morgan fingerprint density at radius 3 is 2.91 bits per heavy atom. The minimum Gasteiger partial charge on any atom is -0.375 e. The second-order valence-electron chi connectivity index (χ2n) is 6.35. The van der Waals surface area contributed by atoms with E-state index in [1.165, 1.54) is 4.88 Å². The molecule has 0 bridgehead atoms. The van der Waals surface area contributed by atoms with Gasteiger partial charge in [0.1, 0.15) is 5.75 Å². The predicted molar refractivity (Wildman–Crippen MR) is 89.1 cm³/mol. The van der Waals surface area contributed by atoms with E-state index in [1.807, 2.05) is 0 Å². The summed E-state index contributed by atoms with van der Waals surface area (Å²) in [5.74, 6) is -0.472. The Morgan fingerprint density at radius 2 is 2.22 bits per heavy atom. The molecule has 0 radical (unpaired) electrons. The highest BCUT2D eigenvalue weighted by Gasteiger charge is 2.38. The van der Waals surface area contributed by atoms with Crippen LogP contribution in [0.1, 0.15) is 4.88 Å². The molecule has 2 atom stereocenters. The molecule has 0 aromatic carbocycles. The van der Waals surface area contributed by atoms with Crippen molar-refractivity contribution in [2.24, 2.45) is 5.92 Å². The molecule has 0 unspecified atom stereocenters. The monoisotopic (exact) mass is 358 g/mol. The number of ether oxygens (including phenoxy) is 1. The van der Waals surface area contributed by atoms with E-state index in [0.717, 1.165) is 25.9 Å². The van der Waals surface area contributed by atoms with E-state index >= 15 is 0 Å². The average Bonchev–Trinajstić information content (AvgIpc) is 3.04. The number of carbonyl (C=O) groups excluding carboxylic acids is 1. The summed E-state index contributed by atoms with van der Waals surface area (Å²) >= 11 is 1.75. The van der Waals surface area contributed by atoms with Gasteiger partial charge in [0.25, 0.3) is 0 Å². The molecule has 0 N–H and O–H groups in total. The molecule has 2 aliphatic rings. The molecule has 8 heteroatoms. The number of sulfone groups is 1. The smallest absolute Gasteiger partial charge is 0.237 e. The quantitative estimate of drug-likeness (QED) is 0.782. The number of amides is 1. The lowest BCUT2D eigenvalue weighted by Gasteiger charge is -2.22. The van der Waals surface area contributed by atoms with E-state index < -0.39 is 15.6 Å². The highest BCUT2D eigenvalue weighted by molar-refractivity contribution is 7.91. The minimum atomic E-state index is -3.29. The van der Waals surface area contributed by atoms with Gasteiger partial charge in [0, 0.05) is 49.8 Å². The van der Waals surface area contributed by atoms with Crippen LogP contribution in [0.3, 0.4) is 0 Å². The van der Waals surface area contributed by atoms with E-state index in [2.05, 4.69) is 22.4 Å². The predicted octanol–water partition coefficient (Wildman–Crippen LogP) is 0.452. The van der Waals surface area contributed by atoms with Gasteiger partial charge in [0.05, 0.1) is 12.7 Å². The van der Waals surface area contributed by atoms with Crippen molar-refractivity contribution in [2.45, 2.75) is 12.6 Å². The molecule has 1 aromatic heterocycles. The van der Waals surface area contributed by atoms with Crippen molar-refractivity contribution >= 4 is 27.1 Å². The minimum absolute atomic E-state index is 0.0202. The van der Waals surface area contributed by atoms with Gasteiger partial charge in [0.15, 0.2) is 9.84 Å². The first-order valence-electron chi connectivity index (χ1n) is 7.72. The molecule has 2 saturated heterocycles. The van der Waals surface area contributed by atoms with Crippen LogP contribution in [0.5, 0.6) is 0 Å². The summed E-state index contributed by atoms with van der Waals surface area (Å²) in [7, 11) is -3.29. The lowest BCUT2D eigenvalue weighted by molar-refractivity contribution is -0.128. The van der Waals surface area contributed by atoms with Crippen LogP contribution in [0.2, 0.25) is 0 Å². The van der Waals surface area contributed by atoms with Gasteiger partial charge < -0.3 is 9.64 Å². The lowest BCUT2D eigenvalue weighted by Crippen LogP contribution is -2.36. The number of carbonyl (C=O) groups is 1. The highest BCUT2D eigenvalue weighted by atomic mass is 32.2. The Kier molecular flexibility index (Phi) is 5.05. The molecule has 23 heavy (non-hydrogen) atoms. The first-order chi connectivity index (χ1) is 10.9. The largest absolute Gasteiger partial charge is 0.375 e. The third-order valence-electron chi connectivity index (χ3n) is 4.31. The van der Waals surface area contributed by atoms with Crippen molar-refractivity contribution in [3.8, 4) is 0 Å². The summed E-state index contributed by atoms with van der Waals surface area (Å²) in [6.07, 6.45) is 1.12. The maximum atomic E-state index is 12.1. The van der Waals surface area contributed by atoms with Crippen molar-refractivity contribution in [3.63, 3.8) is 0 Å². The van der Waals surface area contributed by atoms with Gasteiger partial charge >= 0.3 is 0 Å². The summed E-state index contributed by atoms with van der Waals surface area (Å²) in [5.41, 5.74) is 0. The summed E-state index contributed by atoms with van der Waals surface area (Å²) in [6.45, 7) is 4.42. The number of likely N-dealkylation sites (tertiary alicyclic amines) is 1. The number of hydrogen-bond donors (Lipinski definition) is 0. The van der Waals surface area contributed by atoms with Crippen LogP contribution >= 0.6 is 11.3 Å². The van der Waals surface area contributed by atoms with Gasteiger partial charge in [-0.15, -0.1) is 11.3 Å². The Bertz CT molecular complexity index is 644. The molecule has 3 rings (SSSR count). The Morgan fingerprint density at radius 1 is 1.39 bits per heavy atom. The maximum Gasteiger partial charge on any atom is 0.237 e. The fourth-order valence-corrected chi connectivity index (χ4v) is 4.62. The molecule has 2 aliphatic heterocycles. The molecular formula is C15H22N2O4S2. The van der Waals surface area contributed by atoms with Crippen molar-refractivity contribution in [1.82, 2.24) is 9.80 Å². The number of thiophene rings is 1. The van der Waals surface area contributed by atoms with Crippen LogP contribution in [0.25, 0.3) is 0 Å². The summed E-state index contributed by atoms with van der Waals surface area (Å²) in [6, 6.07) is 4.18. The summed E-state index contributed by atoms with van der Waals surface area (Å²) in [4.78, 5) is 17.4. The standard InChI is InChI=1S/C15H22N2O4S2/c1-23(19,20)11-15(18)17-8-12-7-16(4-5-21-14(12)10-17)9-13-3-2-6-22-13/h2-3,6,12,14H,4-5,7-11H2,1H3/t12-,14+/m0/s1. The highest BCUT2D eigenvalue weighted by Crippen LogP contribution is 2.25. The van der Waals surface area contributed by atoms with Gasteiger partial charge in [0.2, 0.25) is 5.91 Å². The van der Waals surface area contributed by atoms with Gasteiger partial charge in [-0.25, -0.2) is 8.42 Å². The van der Waals surface area contributed by atoms with Crippen LogP contribution in [-0.4, -0.2) is 75.0 Å². The first-order valence-corrected chi connectivity index (χ1v) is 10.7. The number of nitrogens with zero attached hydrogens (tertiary/aromatic N) is 2. The normalized spacial score (nSPS) is 26.0. The van der Waals surface area contributed by atoms with Crippen LogP contribution in [0, 0.1) is 5.92 Å². The van der Waals surface area contributed by atoms with Crippen molar-refractivity contribution in [1.29, 1.82) is 0 Å². The molecule has 1 amide bonds. The molecule has 2 fully saturated rings. The number of rotatable bonds is 4. The van der Waals surface area contributed by atoms with Crippen LogP contribution in [0.4, 0.5) is 0 Å². The zero-order valence-corrected chi connectivity index (χ0v) is 14.8. The van der Waals surface area contributed by atoms with Gasteiger partial charge in [-0.2, -0.15) is 0 Å². The second-order valence-corrected chi connectivity index (χ2v) is 9.53. The third kappa shape index (κ3) is 4.53. The van der Waals surface area contributed by atoms with Crippen molar-refractivity contribution in [3.05, 3.63) is 22.4 Å². The van der Waals surface area contributed by atoms with Gasteiger partial charge in [-0.3, -0.25) is 9.69 Å². The van der Waals surface area contributed by atoms with Gasteiger partial charge in [-0.05, 0) is 11.4 Å². The van der Waals surface area contributed by atoms with Crippen LogP contribution in [0.15, 0.2) is 17.5 Å². The number of fused-ring (bicyclic) bond motifs is 1. The van der Waals surface area contributed by atoms with E-state index in [-0.39, 0.29) is 17.9 Å². The molecule has 128 valence electrons. The van der Waals surface area contributed by atoms with Crippen LogP contribution < -0.4 is 0 Å². The van der Waals surface area contributed by atoms with Gasteiger partial charge in [-0.1, -0.05) is 6.07 Å². The van der Waals surface area contributed by atoms with Crippen molar-refractivity contribution < 1.29 is 17.9 Å². The molecular weight excluding hydrogens is 336 g/mol. The second kappa shape index (κ2) is 6.88. The first kappa shape index (κ1) is 16.9. The molecule has 0 saturated carbocycles. The molecule has 3 heterocycles. The summed E-state index contributed by atoms with van der Waals surface area (Å²) in [5, 5.41) is 2.08. The van der Waals surface area contributed by atoms with Crippen LogP contribution in [-0.2, 0) is 25.9 Å². The van der Waals surface area contributed by atoms with E-state index in [1.54, 1.807) is 16.2 Å². The molecule has 0 spiro atoms. The number of hydrogen-bond acceptors (Lipinski definition) is 6. The Hall–Kier alpha value is -0.960. The molecule has 6 nitrogen and oxygen atoms in total. The Balaban J connectivity index is 1.60. The zero-order chi connectivity index (χ0) is 16.4. The summed E-state index contributed by atoms with van der Waals surface area (Å²) < 4.78 is 28.5. The lowest BCUT2D eigenvalue weighted by atomic mass is 10.1. The Labute approximate surface area is 140 Å². The van der Waals surface area contributed by atoms with E-state index in [4.69, 9.17) is 4.74 Å².